The van der Waals surface area contributed by atoms with Gasteiger partial charge in [-0.3, -0.25) is 0 Å². The van der Waals surface area contributed by atoms with Crippen LogP contribution in [0.5, 0.6) is 0 Å². The molecule has 7 nitrogen and oxygen atoms in total. The number of aryl methyl sites for hydroxylation is 1. The SMILES string of the molecule is Cc1ccc(-n2cc(Cc3cc(N)nc(NN)c3N)cn2)c2ccccc12. The molecule has 0 aliphatic rings. The van der Waals surface area contributed by atoms with Crippen LogP contribution in [0.4, 0.5) is 17.3 Å². The molecule has 0 radical (unpaired) electrons. The number of hydrogen-bond acceptors (Lipinski definition) is 6. The Morgan fingerprint density at radius 1 is 1.07 bits per heavy atom. The van der Waals surface area contributed by atoms with Gasteiger partial charge in [-0.05, 0) is 41.1 Å². The molecule has 4 rings (SSSR count). The number of pyridine rings is 1. The second-order valence-electron chi connectivity index (χ2n) is 6.53. The molecule has 136 valence electrons. The summed E-state index contributed by atoms with van der Waals surface area (Å²) in [5.74, 6) is 6.20. The second kappa shape index (κ2) is 6.62. The van der Waals surface area contributed by atoms with E-state index in [2.05, 4.69) is 46.7 Å². The third kappa shape index (κ3) is 3.04. The van der Waals surface area contributed by atoms with Crippen molar-refractivity contribution < 1.29 is 0 Å². The average Bonchev–Trinajstić information content (AvgIpc) is 3.13. The molecular formula is C20H21N7. The third-order valence-corrected chi connectivity index (χ3v) is 4.70. The molecule has 7 heteroatoms. The lowest BCUT2D eigenvalue weighted by molar-refractivity contribution is 0.887. The molecule has 0 saturated carbocycles. The van der Waals surface area contributed by atoms with E-state index in [1.807, 2.05) is 29.2 Å². The molecule has 4 aromatic rings. The van der Waals surface area contributed by atoms with E-state index in [4.69, 9.17) is 17.3 Å². The van der Waals surface area contributed by atoms with E-state index >= 15 is 0 Å². The number of nitrogens with zero attached hydrogens (tertiary/aromatic N) is 3. The van der Waals surface area contributed by atoms with E-state index in [-0.39, 0.29) is 0 Å². The predicted octanol–water partition coefficient (Wildman–Crippen LogP) is 2.77. The van der Waals surface area contributed by atoms with E-state index in [9.17, 15) is 0 Å². The molecular weight excluding hydrogens is 338 g/mol. The Morgan fingerprint density at radius 3 is 2.63 bits per heavy atom. The van der Waals surface area contributed by atoms with Crippen molar-refractivity contribution >= 4 is 28.1 Å². The van der Waals surface area contributed by atoms with Crippen LogP contribution in [0.2, 0.25) is 0 Å². The number of hydrazine groups is 1. The lowest BCUT2D eigenvalue weighted by atomic mass is 10.0. The van der Waals surface area contributed by atoms with Crippen LogP contribution in [0.25, 0.3) is 16.5 Å². The van der Waals surface area contributed by atoms with Crippen molar-refractivity contribution in [2.24, 2.45) is 5.84 Å². The van der Waals surface area contributed by atoms with Crippen molar-refractivity contribution in [2.45, 2.75) is 13.3 Å². The molecule has 7 N–H and O–H groups in total. The summed E-state index contributed by atoms with van der Waals surface area (Å²) < 4.78 is 1.89. The lowest BCUT2D eigenvalue weighted by Gasteiger charge is -2.10. The first-order chi connectivity index (χ1) is 13.1. The molecule has 0 bridgehead atoms. The number of nitrogens with two attached hydrogens (primary N) is 3. The first kappa shape index (κ1) is 16.9. The van der Waals surface area contributed by atoms with Crippen LogP contribution in [0.1, 0.15) is 16.7 Å². The maximum atomic E-state index is 6.13. The van der Waals surface area contributed by atoms with Gasteiger partial charge in [-0.25, -0.2) is 15.5 Å². The first-order valence-corrected chi connectivity index (χ1v) is 8.60. The molecule has 0 atom stereocenters. The largest absolute Gasteiger partial charge is 0.395 e. The fourth-order valence-corrected chi connectivity index (χ4v) is 3.32. The first-order valence-electron chi connectivity index (χ1n) is 8.60. The van der Waals surface area contributed by atoms with Crippen LogP contribution in [-0.4, -0.2) is 14.8 Å². The van der Waals surface area contributed by atoms with Crippen LogP contribution in [0.15, 0.2) is 54.9 Å². The molecule has 0 fully saturated rings. The Labute approximate surface area is 156 Å². The highest BCUT2D eigenvalue weighted by molar-refractivity contribution is 5.92. The minimum Gasteiger partial charge on any atom is -0.395 e. The van der Waals surface area contributed by atoms with Crippen molar-refractivity contribution in [3.8, 4) is 5.69 Å². The summed E-state index contributed by atoms with van der Waals surface area (Å²) in [4.78, 5) is 4.08. The van der Waals surface area contributed by atoms with Crippen LogP contribution in [-0.2, 0) is 6.42 Å². The van der Waals surface area contributed by atoms with E-state index in [1.54, 1.807) is 6.07 Å². The number of rotatable bonds is 4. The molecule has 2 aromatic carbocycles. The zero-order valence-electron chi connectivity index (χ0n) is 15.0. The average molecular weight is 359 g/mol. The van der Waals surface area contributed by atoms with Gasteiger partial charge in [0.2, 0.25) is 0 Å². The monoisotopic (exact) mass is 359 g/mol. The number of anilines is 3. The fourth-order valence-electron chi connectivity index (χ4n) is 3.32. The third-order valence-electron chi connectivity index (χ3n) is 4.70. The zero-order valence-corrected chi connectivity index (χ0v) is 15.0. The molecule has 2 heterocycles. The van der Waals surface area contributed by atoms with E-state index < -0.39 is 0 Å². The number of hydrogen-bond donors (Lipinski definition) is 4. The maximum Gasteiger partial charge on any atom is 0.165 e. The molecule has 0 amide bonds. The number of nitrogens with one attached hydrogen (secondary N) is 1. The molecule has 0 spiro atoms. The summed E-state index contributed by atoms with van der Waals surface area (Å²) in [5.41, 5.74) is 19.1. The number of nitrogen functional groups attached to an aromatic ring is 3. The summed E-state index contributed by atoms with van der Waals surface area (Å²) in [6, 6.07) is 14.3. The highest BCUT2D eigenvalue weighted by Crippen LogP contribution is 2.27. The van der Waals surface area contributed by atoms with Gasteiger partial charge in [0, 0.05) is 18.0 Å². The van der Waals surface area contributed by atoms with Crippen molar-refractivity contribution in [1.29, 1.82) is 0 Å². The summed E-state index contributed by atoms with van der Waals surface area (Å²) in [7, 11) is 0. The quantitative estimate of drug-likeness (QED) is 0.328. The van der Waals surface area contributed by atoms with Crippen LogP contribution in [0.3, 0.4) is 0 Å². The Kier molecular flexibility index (Phi) is 4.13. The van der Waals surface area contributed by atoms with Gasteiger partial charge in [0.1, 0.15) is 5.82 Å². The van der Waals surface area contributed by atoms with Gasteiger partial charge in [0.15, 0.2) is 5.82 Å². The van der Waals surface area contributed by atoms with Gasteiger partial charge in [-0.15, -0.1) is 0 Å². The van der Waals surface area contributed by atoms with Gasteiger partial charge in [-0.2, -0.15) is 5.10 Å². The summed E-state index contributed by atoms with van der Waals surface area (Å²) >= 11 is 0. The van der Waals surface area contributed by atoms with E-state index in [0.717, 1.165) is 22.2 Å². The molecule has 2 aromatic heterocycles. The number of aromatic nitrogens is 3. The maximum absolute atomic E-state index is 6.13. The van der Waals surface area contributed by atoms with Gasteiger partial charge < -0.3 is 16.9 Å². The summed E-state index contributed by atoms with van der Waals surface area (Å²) in [6.45, 7) is 2.11. The van der Waals surface area contributed by atoms with Crippen molar-refractivity contribution in [2.75, 3.05) is 16.9 Å². The molecule has 0 aliphatic heterocycles. The standard InChI is InChI=1S/C20H21N7/c1-12-6-7-17(16-5-3-2-4-15(12)16)27-11-13(10-24-27)8-14-9-18(21)25-20(26-23)19(14)22/h2-7,9-11H,8,22-23H2,1H3,(H3,21,25,26). The normalized spacial score (nSPS) is 11.0. The van der Waals surface area contributed by atoms with E-state index in [1.165, 1.54) is 10.9 Å². The van der Waals surface area contributed by atoms with Crippen molar-refractivity contribution in [3.63, 3.8) is 0 Å². The fraction of sp³-hybridized carbons (Fsp3) is 0.100. The Morgan fingerprint density at radius 2 is 1.85 bits per heavy atom. The predicted molar refractivity (Wildman–Crippen MR) is 109 cm³/mol. The topological polar surface area (TPSA) is 121 Å². The molecule has 0 aliphatic carbocycles. The smallest absolute Gasteiger partial charge is 0.165 e. The number of fused-ring (bicyclic) bond motifs is 1. The zero-order chi connectivity index (χ0) is 19.0. The molecule has 0 unspecified atom stereocenters. The van der Waals surface area contributed by atoms with Gasteiger partial charge in [0.05, 0.1) is 17.6 Å². The molecule has 27 heavy (non-hydrogen) atoms. The van der Waals surface area contributed by atoms with Crippen LogP contribution >= 0.6 is 0 Å². The Balaban J connectivity index is 1.72. The highest BCUT2D eigenvalue weighted by Gasteiger charge is 2.11. The Hall–Kier alpha value is -3.58. The van der Waals surface area contributed by atoms with Crippen LogP contribution in [0, 0.1) is 6.92 Å². The van der Waals surface area contributed by atoms with Crippen molar-refractivity contribution in [3.05, 3.63) is 71.5 Å². The minimum absolute atomic E-state index is 0.365. The summed E-state index contributed by atoms with van der Waals surface area (Å²) in [6.07, 6.45) is 4.42. The Bertz CT molecular complexity index is 1130. The van der Waals surface area contributed by atoms with E-state index in [0.29, 0.717) is 23.7 Å². The van der Waals surface area contributed by atoms with Gasteiger partial charge in [-0.1, -0.05) is 30.3 Å². The van der Waals surface area contributed by atoms with Gasteiger partial charge in [0.25, 0.3) is 0 Å². The number of benzene rings is 2. The van der Waals surface area contributed by atoms with Gasteiger partial charge >= 0.3 is 0 Å². The van der Waals surface area contributed by atoms with Crippen LogP contribution < -0.4 is 22.7 Å². The minimum atomic E-state index is 0.365. The molecule has 0 saturated heterocycles. The summed E-state index contributed by atoms with van der Waals surface area (Å²) in [5, 5.41) is 6.93. The van der Waals surface area contributed by atoms with Crippen molar-refractivity contribution in [1.82, 2.24) is 14.8 Å². The second-order valence-corrected chi connectivity index (χ2v) is 6.53. The lowest BCUT2D eigenvalue weighted by Crippen LogP contribution is -2.13. The highest BCUT2D eigenvalue weighted by atomic mass is 15.3.